The number of rotatable bonds is 9. The molecule has 8 nitrogen and oxygen atoms in total. The van der Waals surface area contributed by atoms with Crippen LogP contribution in [0.25, 0.3) is 20.8 Å². The van der Waals surface area contributed by atoms with E-state index in [0.29, 0.717) is 11.3 Å². The highest BCUT2D eigenvalue weighted by atomic mass is 32.1. The molecule has 0 bridgehead atoms. The quantitative estimate of drug-likeness (QED) is 0.225. The first kappa shape index (κ1) is 26.0. The molecule has 0 aliphatic carbocycles. The summed E-state index contributed by atoms with van der Waals surface area (Å²) >= 11 is 1.43. The average Bonchev–Trinajstić information content (AvgIpc) is 3.55. The van der Waals surface area contributed by atoms with E-state index in [1.54, 1.807) is 18.6 Å². The van der Waals surface area contributed by atoms with Crippen molar-refractivity contribution in [1.82, 2.24) is 14.5 Å². The van der Waals surface area contributed by atoms with Crippen LogP contribution in [0.1, 0.15) is 24.8 Å². The number of primary amides is 1. The number of thiophene rings is 1. The topological polar surface area (TPSA) is 112 Å². The number of fused-ring (bicyclic) bond motifs is 1. The number of carbonyl (C=O) groups is 2. The van der Waals surface area contributed by atoms with Crippen LogP contribution in [0, 0.1) is 11.6 Å². The SMILES string of the molecule is CCCn1cnc(-c2cc3nccc(Oc4ccc(C(C(N)=O)C(=O)Nc5ccc(F)cc5)cc4F)c3s2)c1. The minimum atomic E-state index is -1.47. The van der Waals surface area contributed by atoms with E-state index in [0.717, 1.165) is 46.4 Å². The maximum atomic E-state index is 15.2. The number of nitrogens with zero attached hydrogens (tertiary/aromatic N) is 3. The van der Waals surface area contributed by atoms with E-state index in [1.807, 2.05) is 16.8 Å². The summed E-state index contributed by atoms with van der Waals surface area (Å²) in [4.78, 5) is 34.6. The maximum absolute atomic E-state index is 15.2. The monoisotopic (exact) mass is 547 g/mol. The van der Waals surface area contributed by atoms with Crippen LogP contribution in [-0.4, -0.2) is 26.3 Å². The highest BCUT2D eigenvalue weighted by Crippen LogP contribution is 2.39. The molecular weight excluding hydrogens is 524 g/mol. The molecule has 198 valence electrons. The molecule has 1 unspecified atom stereocenters. The largest absolute Gasteiger partial charge is 0.453 e. The number of amides is 2. The zero-order valence-corrected chi connectivity index (χ0v) is 21.5. The van der Waals surface area contributed by atoms with E-state index in [4.69, 9.17) is 10.5 Å². The van der Waals surface area contributed by atoms with Gasteiger partial charge in [-0.15, -0.1) is 11.3 Å². The molecule has 0 aliphatic heterocycles. The van der Waals surface area contributed by atoms with Gasteiger partial charge in [-0.1, -0.05) is 13.0 Å². The second-order valence-corrected chi connectivity index (χ2v) is 9.81. The summed E-state index contributed by atoms with van der Waals surface area (Å²) in [5.74, 6) is -4.18. The summed E-state index contributed by atoms with van der Waals surface area (Å²) in [5, 5.41) is 2.50. The molecule has 5 rings (SSSR count). The lowest BCUT2D eigenvalue weighted by molar-refractivity contribution is -0.127. The van der Waals surface area contributed by atoms with Gasteiger partial charge >= 0.3 is 0 Å². The molecule has 0 aliphatic rings. The molecule has 0 spiro atoms. The van der Waals surface area contributed by atoms with E-state index in [-0.39, 0.29) is 17.0 Å². The van der Waals surface area contributed by atoms with Gasteiger partial charge in [0.05, 0.1) is 27.1 Å². The van der Waals surface area contributed by atoms with Gasteiger partial charge < -0.3 is 20.4 Å². The minimum Gasteiger partial charge on any atom is -0.453 e. The molecule has 39 heavy (non-hydrogen) atoms. The van der Waals surface area contributed by atoms with Crippen LogP contribution in [0.15, 0.2) is 73.3 Å². The number of hydrogen-bond acceptors (Lipinski definition) is 6. The van der Waals surface area contributed by atoms with Gasteiger partial charge in [0, 0.05) is 30.7 Å². The first-order valence-corrected chi connectivity index (χ1v) is 12.9. The van der Waals surface area contributed by atoms with Crippen molar-refractivity contribution in [3.8, 4) is 22.1 Å². The van der Waals surface area contributed by atoms with Crippen LogP contribution < -0.4 is 15.8 Å². The molecule has 0 fully saturated rings. The molecule has 3 heterocycles. The van der Waals surface area contributed by atoms with Crippen LogP contribution in [0.5, 0.6) is 11.5 Å². The molecule has 11 heteroatoms. The summed E-state index contributed by atoms with van der Waals surface area (Å²) in [6, 6.07) is 12.3. The minimum absolute atomic E-state index is 0.0490. The van der Waals surface area contributed by atoms with E-state index in [2.05, 4.69) is 22.2 Å². The van der Waals surface area contributed by atoms with Crippen molar-refractivity contribution in [2.45, 2.75) is 25.8 Å². The van der Waals surface area contributed by atoms with E-state index >= 15 is 4.39 Å². The Hall–Kier alpha value is -4.64. The molecular formula is C28H23F2N5O3S. The fourth-order valence-electron chi connectivity index (χ4n) is 4.08. The first-order chi connectivity index (χ1) is 18.8. The molecule has 0 radical (unpaired) electrons. The lowest BCUT2D eigenvalue weighted by Gasteiger charge is -2.15. The highest BCUT2D eigenvalue weighted by Gasteiger charge is 2.28. The van der Waals surface area contributed by atoms with Crippen molar-refractivity contribution in [2.75, 3.05) is 5.32 Å². The van der Waals surface area contributed by atoms with Gasteiger partial charge in [0.1, 0.15) is 17.5 Å². The first-order valence-electron chi connectivity index (χ1n) is 12.1. The number of pyridine rings is 1. The van der Waals surface area contributed by atoms with Gasteiger partial charge in [-0.05, 0) is 54.4 Å². The second kappa shape index (κ2) is 11.0. The Morgan fingerprint density at radius 2 is 1.87 bits per heavy atom. The lowest BCUT2D eigenvalue weighted by Crippen LogP contribution is -2.32. The van der Waals surface area contributed by atoms with Crippen molar-refractivity contribution in [2.24, 2.45) is 5.73 Å². The van der Waals surface area contributed by atoms with Crippen molar-refractivity contribution in [3.63, 3.8) is 0 Å². The predicted octanol–water partition coefficient (Wildman–Crippen LogP) is 5.85. The number of benzene rings is 2. The number of carbonyl (C=O) groups excluding carboxylic acids is 2. The molecule has 2 aromatic carbocycles. The van der Waals surface area contributed by atoms with Crippen LogP contribution in [-0.2, 0) is 16.1 Å². The smallest absolute Gasteiger partial charge is 0.241 e. The Morgan fingerprint density at radius 3 is 2.59 bits per heavy atom. The summed E-state index contributed by atoms with van der Waals surface area (Å²) in [6.07, 6.45) is 6.31. The highest BCUT2D eigenvalue weighted by molar-refractivity contribution is 7.22. The van der Waals surface area contributed by atoms with Gasteiger partial charge in [0.2, 0.25) is 11.8 Å². The average molecular weight is 548 g/mol. The third kappa shape index (κ3) is 5.63. The van der Waals surface area contributed by atoms with Crippen molar-refractivity contribution < 1.29 is 23.1 Å². The number of nitrogens with one attached hydrogen (secondary N) is 1. The molecule has 3 N–H and O–H groups in total. The summed E-state index contributed by atoms with van der Waals surface area (Å²) < 4.78 is 37.0. The number of nitrogens with two attached hydrogens (primary N) is 1. The van der Waals surface area contributed by atoms with E-state index in [9.17, 15) is 14.0 Å². The molecule has 0 saturated carbocycles. The van der Waals surface area contributed by atoms with E-state index in [1.165, 1.54) is 35.6 Å². The van der Waals surface area contributed by atoms with Gasteiger partial charge in [-0.3, -0.25) is 14.6 Å². The number of aryl methyl sites for hydroxylation is 1. The lowest BCUT2D eigenvalue weighted by atomic mass is 9.97. The van der Waals surface area contributed by atoms with Crippen LogP contribution in [0.3, 0.4) is 0 Å². The van der Waals surface area contributed by atoms with E-state index < -0.39 is 29.4 Å². The zero-order valence-electron chi connectivity index (χ0n) is 20.7. The summed E-state index contributed by atoms with van der Waals surface area (Å²) in [5.41, 5.74) is 7.27. The molecule has 3 aromatic heterocycles. The van der Waals surface area contributed by atoms with Crippen molar-refractivity contribution in [1.29, 1.82) is 0 Å². The van der Waals surface area contributed by atoms with Gasteiger partial charge in [0.15, 0.2) is 11.6 Å². The number of anilines is 1. The Kier molecular flexibility index (Phi) is 7.33. The van der Waals surface area contributed by atoms with Gasteiger partial charge in [-0.25, -0.2) is 13.8 Å². The summed E-state index contributed by atoms with van der Waals surface area (Å²) in [6.45, 7) is 2.96. The number of aromatic nitrogens is 3. The number of hydrogen-bond donors (Lipinski definition) is 2. The molecule has 5 aromatic rings. The Labute approximate surface area is 226 Å². The van der Waals surface area contributed by atoms with Gasteiger partial charge in [-0.2, -0.15) is 0 Å². The van der Waals surface area contributed by atoms with Gasteiger partial charge in [0.25, 0.3) is 0 Å². The van der Waals surface area contributed by atoms with Crippen molar-refractivity contribution in [3.05, 3.63) is 90.5 Å². The fourth-order valence-corrected chi connectivity index (χ4v) is 5.11. The predicted molar refractivity (Wildman–Crippen MR) is 145 cm³/mol. The molecule has 1 atom stereocenters. The van der Waals surface area contributed by atoms with Crippen LogP contribution >= 0.6 is 11.3 Å². The normalized spacial score (nSPS) is 11.9. The Balaban J connectivity index is 1.38. The third-order valence-corrected chi connectivity index (χ3v) is 7.07. The van der Waals surface area contributed by atoms with Crippen molar-refractivity contribution >= 4 is 39.1 Å². The number of ether oxygens (including phenoxy) is 1. The third-order valence-electron chi connectivity index (χ3n) is 5.91. The second-order valence-electron chi connectivity index (χ2n) is 8.75. The Bertz CT molecular complexity index is 1670. The molecule has 2 amide bonds. The van der Waals surface area contributed by atoms with Crippen LogP contribution in [0.4, 0.5) is 14.5 Å². The number of halogens is 2. The fraction of sp³-hybridized carbons (Fsp3) is 0.143. The zero-order chi connectivity index (χ0) is 27.5. The number of imidazole rings is 1. The standard InChI is InChI=1S/C28H23F2N5O3S/c1-2-11-35-14-21(33-15-35)24-13-20-26(39-24)23(9-10-32-20)38-22-8-3-16(12-19(22)30)25(27(31)36)28(37)34-18-6-4-17(29)5-7-18/h3-10,12-15,25H,2,11H2,1H3,(H2,31,36)(H,34,37). The maximum Gasteiger partial charge on any atom is 0.241 e. The summed E-state index contributed by atoms with van der Waals surface area (Å²) in [7, 11) is 0. The van der Waals surface area contributed by atoms with Crippen LogP contribution in [0.2, 0.25) is 0 Å². The molecule has 0 saturated heterocycles. The Morgan fingerprint density at radius 1 is 1.08 bits per heavy atom.